The van der Waals surface area contributed by atoms with Gasteiger partial charge in [-0.05, 0) is 63.1 Å². The number of hydrogen-bond donors (Lipinski definition) is 1. The van der Waals surface area contributed by atoms with Gasteiger partial charge in [-0.25, -0.2) is 9.69 Å². The molecule has 3 aromatic rings. The molecule has 0 bridgehead atoms. The number of aromatic nitrogens is 2. The van der Waals surface area contributed by atoms with Crippen molar-refractivity contribution < 1.29 is 9.53 Å². The normalized spacial score (nSPS) is 16.8. The lowest BCUT2D eigenvalue weighted by molar-refractivity contribution is 0.0760. The third-order valence-corrected chi connectivity index (χ3v) is 7.30. The van der Waals surface area contributed by atoms with Crippen LogP contribution in [0.5, 0.6) is 5.75 Å². The van der Waals surface area contributed by atoms with Crippen molar-refractivity contribution >= 4 is 57.4 Å². The molecule has 0 spiro atoms. The Labute approximate surface area is 229 Å². The summed E-state index contributed by atoms with van der Waals surface area (Å²) < 4.78 is 9.04. The lowest BCUT2D eigenvalue weighted by Crippen LogP contribution is -2.44. The quantitative estimate of drug-likeness (QED) is 0.346. The lowest BCUT2D eigenvalue weighted by atomic mass is 9.89. The monoisotopic (exact) mass is 598 g/mol. The molecule has 35 heavy (non-hydrogen) atoms. The molecule has 1 fully saturated rings. The van der Waals surface area contributed by atoms with Crippen molar-refractivity contribution in [1.82, 2.24) is 20.2 Å². The highest BCUT2D eigenvalue weighted by molar-refractivity contribution is 9.10. The third kappa shape index (κ3) is 5.07. The van der Waals surface area contributed by atoms with E-state index >= 15 is 0 Å². The average Bonchev–Trinajstić information content (AvgIpc) is 2.99. The summed E-state index contributed by atoms with van der Waals surface area (Å²) in [6, 6.07) is 11.1. The smallest absolute Gasteiger partial charge is 0.286 e. The molecule has 5 rings (SSSR count). The molecule has 3 heterocycles. The molecule has 0 radical (unpaired) electrons. The Morgan fingerprint density at radius 2 is 1.80 bits per heavy atom. The second kappa shape index (κ2) is 10.3. The summed E-state index contributed by atoms with van der Waals surface area (Å²) in [6.45, 7) is 5.56. The van der Waals surface area contributed by atoms with Crippen LogP contribution in [0.4, 0.5) is 0 Å². The minimum absolute atomic E-state index is 0. The van der Waals surface area contributed by atoms with Crippen LogP contribution in [0.2, 0.25) is 10.0 Å². The number of benzene rings is 2. The number of carbonyl (C=O) groups excluding carboxylic acids is 1. The summed E-state index contributed by atoms with van der Waals surface area (Å²) in [7, 11) is 0. The second-order valence-corrected chi connectivity index (χ2v) is 10.9. The highest BCUT2D eigenvalue weighted by Gasteiger charge is 2.41. The zero-order valence-electron chi connectivity index (χ0n) is 19.4. The van der Waals surface area contributed by atoms with E-state index in [9.17, 15) is 4.79 Å². The molecule has 2 aromatic carbocycles. The molecule has 1 aromatic heterocycles. The molecule has 10 heteroatoms. The Balaban J connectivity index is 0.00000289. The number of ether oxygens (including phenoxy) is 1. The molecule has 6 nitrogen and oxygen atoms in total. The van der Waals surface area contributed by atoms with E-state index in [0.717, 1.165) is 47.2 Å². The molecular weight excluding hydrogens is 575 g/mol. The molecular formula is C25H26BrCl3N4O2. The first-order chi connectivity index (χ1) is 16.2. The second-order valence-electron chi connectivity index (χ2n) is 9.17. The predicted molar refractivity (Wildman–Crippen MR) is 145 cm³/mol. The van der Waals surface area contributed by atoms with Crippen molar-refractivity contribution in [3.05, 3.63) is 62.2 Å². The lowest BCUT2D eigenvalue weighted by Gasteiger charge is -2.34. The summed E-state index contributed by atoms with van der Waals surface area (Å²) >= 11 is 16.3. The van der Waals surface area contributed by atoms with Gasteiger partial charge in [-0.1, -0.05) is 52.0 Å². The number of carbonyl (C=O) groups is 1. The number of rotatable bonds is 3. The van der Waals surface area contributed by atoms with Gasteiger partial charge in [0.05, 0.1) is 22.0 Å². The van der Waals surface area contributed by atoms with Crippen LogP contribution in [0, 0.1) is 0 Å². The van der Waals surface area contributed by atoms with E-state index in [-0.39, 0.29) is 18.3 Å². The fourth-order valence-corrected chi connectivity index (χ4v) is 5.53. The molecule has 0 saturated carbocycles. The zero-order chi connectivity index (χ0) is 24.0. The van der Waals surface area contributed by atoms with Crippen molar-refractivity contribution in [3.63, 3.8) is 0 Å². The summed E-state index contributed by atoms with van der Waals surface area (Å²) in [4.78, 5) is 13.6. The van der Waals surface area contributed by atoms with Gasteiger partial charge in [-0.3, -0.25) is 10.2 Å². The van der Waals surface area contributed by atoms with Gasteiger partial charge in [0, 0.05) is 28.1 Å². The molecule has 2 aliphatic rings. The molecule has 2 aliphatic heterocycles. The topological polar surface area (TPSA) is 59.4 Å². The van der Waals surface area contributed by atoms with E-state index in [1.807, 2.05) is 43.1 Å². The van der Waals surface area contributed by atoms with E-state index < -0.39 is 5.60 Å². The van der Waals surface area contributed by atoms with Crippen molar-refractivity contribution in [1.29, 1.82) is 0 Å². The summed E-state index contributed by atoms with van der Waals surface area (Å²) in [6.07, 6.45) is 4.48. The van der Waals surface area contributed by atoms with E-state index in [1.165, 1.54) is 12.8 Å². The largest absolute Gasteiger partial charge is 0.482 e. The molecule has 186 valence electrons. The van der Waals surface area contributed by atoms with E-state index in [4.69, 9.17) is 33.0 Å². The van der Waals surface area contributed by atoms with Gasteiger partial charge in [0.1, 0.15) is 11.4 Å². The van der Waals surface area contributed by atoms with Crippen LogP contribution in [0.3, 0.4) is 0 Å². The van der Waals surface area contributed by atoms with Crippen molar-refractivity contribution in [2.45, 2.75) is 45.1 Å². The number of halogens is 4. The van der Waals surface area contributed by atoms with Crippen LogP contribution in [0.15, 0.2) is 40.9 Å². The Morgan fingerprint density at radius 3 is 2.49 bits per heavy atom. The maximum atomic E-state index is 13.6. The molecule has 0 aliphatic carbocycles. The van der Waals surface area contributed by atoms with Crippen molar-refractivity contribution in [3.8, 4) is 22.7 Å². The molecule has 1 saturated heterocycles. The Hall–Kier alpha value is -1.77. The predicted octanol–water partition coefficient (Wildman–Crippen LogP) is 7.18. The zero-order valence-corrected chi connectivity index (χ0v) is 23.3. The van der Waals surface area contributed by atoms with E-state index in [2.05, 4.69) is 21.4 Å². The van der Waals surface area contributed by atoms with Gasteiger partial charge in [0.25, 0.3) is 5.91 Å². The fourth-order valence-electron chi connectivity index (χ4n) is 4.70. The number of amides is 1. The Morgan fingerprint density at radius 1 is 1.09 bits per heavy atom. The van der Waals surface area contributed by atoms with Crippen molar-refractivity contribution in [2.24, 2.45) is 0 Å². The van der Waals surface area contributed by atoms with Crippen LogP contribution in [0.25, 0.3) is 16.9 Å². The third-order valence-electron chi connectivity index (χ3n) is 6.27. The van der Waals surface area contributed by atoms with Crippen LogP contribution in [0.1, 0.15) is 55.6 Å². The van der Waals surface area contributed by atoms with Gasteiger partial charge < -0.3 is 4.74 Å². The highest BCUT2D eigenvalue weighted by atomic mass is 79.9. The van der Waals surface area contributed by atoms with Gasteiger partial charge in [-0.15, -0.1) is 12.4 Å². The molecule has 1 N–H and O–H groups in total. The number of hydrazine groups is 1. The van der Waals surface area contributed by atoms with E-state index in [1.54, 1.807) is 16.8 Å². The summed E-state index contributed by atoms with van der Waals surface area (Å²) in [5.74, 6) is 0.455. The standard InChI is InChI=1S/C25H25BrCl2N4O2.ClH/c1-25(2)21-22(24(33)30-31-11-5-3-4-6-12-31)29-32(19-10-8-16(27)14-18(19)28)23(21)17-9-7-15(26)13-20(17)34-25;/h7-10,13-14H,3-6,11-12H2,1-2H3,(H,30,33);1H. The first-order valence-electron chi connectivity index (χ1n) is 11.4. The van der Waals surface area contributed by atoms with Gasteiger partial charge >= 0.3 is 0 Å². The summed E-state index contributed by atoms with van der Waals surface area (Å²) in [5.41, 5.74) is 5.59. The SMILES string of the molecule is CC1(C)Oc2cc(Br)ccc2-c2c1c(C(=O)NN1CCCCCC1)nn2-c1ccc(Cl)cc1Cl.Cl. The van der Waals surface area contributed by atoms with Crippen LogP contribution in [-0.4, -0.2) is 33.8 Å². The highest BCUT2D eigenvalue weighted by Crippen LogP contribution is 2.48. The van der Waals surface area contributed by atoms with Crippen LogP contribution >= 0.6 is 51.5 Å². The molecule has 0 unspecified atom stereocenters. The number of nitrogens with zero attached hydrogens (tertiary/aromatic N) is 3. The maximum absolute atomic E-state index is 13.6. The minimum Gasteiger partial charge on any atom is -0.482 e. The van der Waals surface area contributed by atoms with Crippen molar-refractivity contribution in [2.75, 3.05) is 13.1 Å². The number of hydrogen-bond acceptors (Lipinski definition) is 4. The van der Waals surface area contributed by atoms with Crippen LogP contribution < -0.4 is 10.2 Å². The molecule has 0 atom stereocenters. The van der Waals surface area contributed by atoms with E-state index in [0.29, 0.717) is 27.2 Å². The number of fused-ring (bicyclic) bond motifs is 3. The van der Waals surface area contributed by atoms with Gasteiger partial charge in [0.2, 0.25) is 0 Å². The van der Waals surface area contributed by atoms with Gasteiger partial charge in [0.15, 0.2) is 5.69 Å². The minimum atomic E-state index is -0.800. The van der Waals surface area contributed by atoms with Gasteiger partial charge in [-0.2, -0.15) is 5.10 Å². The Bertz CT molecular complexity index is 1270. The molecule has 1 amide bonds. The van der Waals surface area contributed by atoms with Crippen LogP contribution in [-0.2, 0) is 5.60 Å². The fraction of sp³-hybridized carbons (Fsp3) is 0.360. The Kier molecular flexibility index (Phi) is 7.74. The first-order valence-corrected chi connectivity index (χ1v) is 12.9. The maximum Gasteiger partial charge on any atom is 0.286 e. The summed E-state index contributed by atoms with van der Waals surface area (Å²) in [5, 5.41) is 7.79. The first kappa shape index (κ1) is 26.3. The average molecular weight is 601 g/mol. The number of nitrogens with one attached hydrogen (secondary N) is 1.